The zero-order valence-electron chi connectivity index (χ0n) is 5.68. The SMILES string of the molecule is CCC(N)C(=O)NOC. The maximum Gasteiger partial charge on any atom is 0.260 e. The second-order valence-corrected chi connectivity index (χ2v) is 1.69. The highest BCUT2D eigenvalue weighted by Gasteiger charge is 2.08. The summed E-state index contributed by atoms with van der Waals surface area (Å²) >= 11 is 0. The fourth-order valence-electron chi connectivity index (χ4n) is 0.362. The van der Waals surface area contributed by atoms with Crippen LogP contribution in [0.15, 0.2) is 0 Å². The minimum atomic E-state index is -0.454. The van der Waals surface area contributed by atoms with Gasteiger partial charge in [-0.1, -0.05) is 6.92 Å². The van der Waals surface area contributed by atoms with Gasteiger partial charge in [0.05, 0.1) is 13.2 Å². The molecular weight excluding hydrogens is 120 g/mol. The fraction of sp³-hybridized carbons (Fsp3) is 0.800. The van der Waals surface area contributed by atoms with E-state index < -0.39 is 6.04 Å². The molecule has 0 bridgehead atoms. The third-order valence-corrected chi connectivity index (χ3v) is 0.979. The Morgan fingerprint density at radius 2 is 2.44 bits per heavy atom. The van der Waals surface area contributed by atoms with Crippen LogP contribution in [0.1, 0.15) is 13.3 Å². The van der Waals surface area contributed by atoms with E-state index in [0.29, 0.717) is 6.42 Å². The molecule has 54 valence electrons. The van der Waals surface area contributed by atoms with Gasteiger partial charge in [-0.2, -0.15) is 0 Å². The molecule has 0 saturated heterocycles. The van der Waals surface area contributed by atoms with E-state index in [1.54, 1.807) is 0 Å². The molecule has 3 N–H and O–H groups in total. The molecule has 9 heavy (non-hydrogen) atoms. The van der Waals surface area contributed by atoms with Crippen LogP contribution in [-0.4, -0.2) is 19.1 Å². The van der Waals surface area contributed by atoms with Gasteiger partial charge >= 0.3 is 0 Å². The van der Waals surface area contributed by atoms with Crippen molar-refractivity contribution in [3.63, 3.8) is 0 Å². The van der Waals surface area contributed by atoms with Crippen LogP contribution < -0.4 is 11.2 Å². The normalized spacial score (nSPS) is 12.8. The van der Waals surface area contributed by atoms with E-state index in [0.717, 1.165) is 0 Å². The topological polar surface area (TPSA) is 64.4 Å². The smallest absolute Gasteiger partial charge is 0.260 e. The van der Waals surface area contributed by atoms with E-state index in [1.165, 1.54) is 7.11 Å². The molecule has 0 aromatic carbocycles. The monoisotopic (exact) mass is 132 g/mol. The van der Waals surface area contributed by atoms with Crippen molar-refractivity contribution in [2.75, 3.05) is 7.11 Å². The number of carbonyl (C=O) groups excluding carboxylic acids is 1. The summed E-state index contributed by atoms with van der Waals surface area (Å²) in [5, 5.41) is 0. The quantitative estimate of drug-likeness (QED) is 0.504. The average molecular weight is 132 g/mol. The van der Waals surface area contributed by atoms with Gasteiger partial charge in [-0.05, 0) is 6.42 Å². The maximum absolute atomic E-state index is 10.6. The second-order valence-electron chi connectivity index (χ2n) is 1.69. The molecule has 1 atom stereocenters. The Kier molecular flexibility index (Phi) is 4.00. The predicted molar refractivity (Wildman–Crippen MR) is 33.4 cm³/mol. The number of carbonyl (C=O) groups is 1. The zero-order chi connectivity index (χ0) is 7.28. The predicted octanol–water partition coefficient (Wildman–Crippen LogP) is -0.599. The first-order valence-corrected chi connectivity index (χ1v) is 2.80. The molecule has 0 saturated carbocycles. The van der Waals surface area contributed by atoms with Crippen molar-refractivity contribution in [3.05, 3.63) is 0 Å². The summed E-state index contributed by atoms with van der Waals surface area (Å²) in [6.07, 6.45) is 0.620. The van der Waals surface area contributed by atoms with E-state index in [2.05, 4.69) is 10.3 Å². The summed E-state index contributed by atoms with van der Waals surface area (Å²) in [7, 11) is 1.38. The van der Waals surface area contributed by atoms with Crippen molar-refractivity contribution in [1.82, 2.24) is 5.48 Å². The van der Waals surface area contributed by atoms with E-state index in [9.17, 15) is 4.79 Å². The minimum Gasteiger partial charge on any atom is -0.320 e. The van der Waals surface area contributed by atoms with Crippen molar-refractivity contribution in [2.45, 2.75) is 19.4 Å². The largest absolute Gasteiger partial charge is 0.320 e. The number of rotatable bonds is 3. The van der Waals surface area contributed by atoms with Crippen LogP contribution >= 0.6 is 0 Å². The molecule has 0 aromatic rings. The molecule has 0 fully saturated rings. The lowest BCUT2D eigenvalue weighted by Gasteiger charge is -2.06. The molecule has 0 heterocycles. The number of hydrogen-bond acceptors (Lipinski definition) is 3. The van der Waals surface area contributed by atoms with Gasteiger partial charge in [0.2, 0.25) is 0 Å². The number of nitrogens with two attached hydrogens (primary N) is 1. The van der Waals surface area contributed by atoms with Gasteiger partial charge in [0.15, 0.2) is 0 Å². The first-order chi connectivity index (χ1) is 4.22. The molecule has 1 amide bonds. The Hall–Kier alpha value is -0.610. The molecule has 0 aromatic heterocycles. The molecule has 1 unspecified atom stereocenters. The van der Waals surface area contributed by atoms with E-state index in [4.69, 9.17) is 5.73 Å². The van der Waals surface area contributed by atoms with Crippen LogP contribution in [0.3, 0.4) is 0 Å². The summed E-state index contributed by atoms with van der Waals surface area (Å²) < 4.78 is 0. The molecule has 4 nitrogen and oxygen atoms in total. The van der Waals surface area contributed by atoms with Gasteiger partial charge in [-0.3, -0.25) is 9.63 Å². The van der Waals surface area contributed by atoms with Crippen LogP contribution in [0, 0.1) is 0 Å². The summed E-state index contributed by atoms with van der Waals surface area (Å²) in [5.74, 6) is -0.278. The molecule has 0 aliphatic rings. The zero-order valence-corrected chi connectivity index (χ0v) is 5.68. The van der Waals surface area contributed by atoms with Crippen molar-refractivity contribution in [1.29, 1.82) is 0 Å². The first kappa shape index (κ1) is 8.39. The van der Waals surface area contributed by atoms with Gasteiger partial charge in [0, 0.05) is 0 Å². The van der Waals surface area contributed by atoms with Crippen LogP contribution in [0.4, 0.5) is 0 Å². The highest BCUT2D eigenvalue weighted by atomic mass is 16.6. The molecule has 0 aliphatic heterocycles. The highest BCUT2D eigenvalue weighted by Crippen LogP contribution is 1.83. The summed E-state index contributed by atoms with van der Waals surface area (Å²) in [6, 6.07) is -0.454. The molecule has 0 spiro atoms. The molecule has 0 rings (SSSR count). The van der Waals surface area contributed by atoms with Gasteiger partial charge < -0.3 is 5.73 Å². The number of nitrogens with one attached hydrogen (secondary N) is 1. The standard InChI is InChI=1S/C5H12N2O2/c1-3-4(6)5(8)7-9-2/h4H,3,6H2,1-2H3,(H,7,8). The van der Waals surface area contributed by atoms with Crippen molar-refractivity contribution >= 4 is 5.91 Å². The summed E-state index contributed by atoms with van der Waals surface area (Å²) in [6.45, 7) is 1.83. The Balaban J connectivity index is 3.46. The lowest BCUT2D eigenvalue weighted by Crippen LogP contribution is -2.39. The number of amides is 1. The van der Waals surface area contributed by atoms with E-state index >= 15 is 0 Å². The van der Waals surface area contributed by atoms with E-state index in [1.807, 2.05) is 6.92 Å². The van der Waals surface area contributed by atoms with Gasteiger partial charge in [0.1, 0.15) is 0 Å². The second kappa shape index (κ2) is 4.29. The lowest BCUT2D eigenvalue weighted by molar-refractivity contribution is -0.132. The van der Waals surface area contributed by atoms with Crippen molar-refractivity contribution in [2.24, 2.45) is 5.73 Å². The molecule has 4 heteroatoms. The van der Waals surface area contributed by atoms with Crippen molar-refractivity contribution < 1.29 is 9.63 Å². The number of hydroxylamine groups is 1. The van der Waals surface area contributed by atoms with Gasteiger partial charge in [-0.25, -0.2) is 5.48 Å². The summed E-state index contributed by atoms with van der Waals surface area (Å²) in [4.78, 5) is 15.0. The fourth-order valence-corrected chi connectivity index (χ4v) is 0.362. The Morgan fingerprint density at radius 1 is 1.89 bits per heavy atom. The third-order valence-electron chi connectivity index (χ3n) is 0.979. The van der Waals surface area contributed by atoms with Crippen LogP contribution in [0.5, 0.6) is 0 Å². The molecule has 0 radical (unpaired) electrons. The van der Waals surface area contributed by atoms with Gasteiger partial charge in [-0.15, -0.1) is 0 Å². The Morgan fingerprint density at radius 3 is 2.78 bits per heavy atom. The first-order valence-electron chi connectivity index (χ1n) is 2.80. The lowest BCUT2D eigenvalue weighted by atomic mass is 10.2. The Bertz CT molecular complexity index is 95.0. The van der Waals surface area contributed by atoms with Crippen LogP contribution in [0.2, 0.25) is 0 Å². The highest BCUT2D eigenvalue weighted by molar-refractivity contribution is 5.80. The van der Waals surface area contributed by atoms with Crippen LogP contribution in [-0.2, 0) is 9.63 Å². The summed E-state index contributed by atoms with van der Waals surface area (Å²) in [5.41, 5.74) is 7.44. The molecular formula is C5H12N2O2. The minimum absolute atomic E-state index is 0.278. The Labute approximate surface area is 54.3 Å². The van der Waals surface area contributed by atoms with Crippen molar-refractivity contribution in [3.8, 4) is 0 Å². The number of hydrogen-bond donors (Lipinski definition) is 2. The average Bonchev–Trinajstić information content (AvgIpc) is 1.87. The van der Waals surface area contributed by atoms with E-state index in [-0.39, 0.29) is 5.91 Å². The van der Waals surface area contributed by atoms with Crippen LogP contribution in [0.25, 0.3) is 0 Å². The maximum atomic E-state index is 10.6. The third kappa shape index (κ3) is 3.05. The molecule has 0 aliphatic carbocycles. The van der Waals surface area contributed by atoms with Gasteiger partial charge in [0.25, 0.3) is 5.91 Å².